The van der Waals surface area contributed by atoms with Crippen molar-refractivity contribution in [3.8, 4) is 0 Å². The number of carboxylic acids is 1. The maximum Gasteiger partial charge on any atom is 0.326 e. The number of carbonyl (C=O) groups excluding carboxylic acids is 1. The van der Waals surface area contributed by atoms with E-state index in [1.165, 1.54) is 6.08 Å². The molecular weight excluding hydrogens is 278 g/mol. The Hall–Kier alpha value is -2.88. The standard InChI is InChI=1S/C18H17NO3/c20-17(12-11-14-7-3-1-4-8-14)19-16(18(21)22)13-15-9-5-2-6-10-15/h1-12,16H,13H2,(H,19,20)(H,21,22)/t16-/m1/s1. The molecule has 112 valence electrons. The van der Waals surface area contributed by atoms with E-state index in [1.807, 2.05) is 60.7 Å². The molecule has 0 aliphatic heterocycles. The third-order valence-corrected chi connectivity index (χ3v) is 3.12. The Morgan fingerprint density at radius 3 is 2.18 bits per heavy atom. The van der Waals surface area contributed by atoms with Gasteiger partial charge in [0.05, 0.1) is 0 Å². The van der Waals surface area contributed by atoms with Crippen LogP contribution in [0.4, 0.5) is 0 Å². The van der Waals surface area contributed by atoms with Gasteiger partial charge in [0.2, 0.25) is 5.91 Å². The van der Waals surface area contributed by atoms with Crippen LogP contribution in [0.3, 0.4) is 0 Å². The van der Waals surface area contributed by atoms with E-state index < -0.39 is 17.9 Å². The summed E-state index contributed by atoms with van der Waals surface area (Å²) in [6.45, 7) is 0. The summed E-state index contributed by atoms with van der Waals surface area (Å²) >= 11 is 0. The van der Waals surface area contributed by atoms with Crippen LogP contribution in [0.2, 0.25) is 0 Å². The van der Waals surface area contributed by atoms with Crippen molar-refractivity contribution in [2.45, 2.75) is 12.5 Å². The second kappa shape index (κ2) is 7.78. The highest BCUT2D eigenvalue weighted by molar-refractivity contribution is 5.94. The highest BCUT2D eigenvalue weighted by Gasteiger charge is 2.19. The van der Waals surface area contributed by atoms with Crippen molar-refractivity contribution in [3.05, 3.63) is 77.9 Å². The van der Waals surface area contributed by atoms with Gasteiger partial charge in [0.1, 0.15) is 6.04 Å². The lowest BCUT2D eigenvalue weighted by Crippen LogP contribution is -2.41. The van der Waals surface area contributed by atoms with Crippen molar-refractivity contribution in [1.29, 1.82) is 0 Å². The quantitative estimate of drug-likeness (QED) is 0.805. The number of nitrogens with one attached hydrogen (secondary N) is 1. The van der Waals surface area contributed by atoms with Gasteiger partial charge in [-0.3, -0.25) is 4.79 Å². The second-order valence-electron chi connectivity index (χ2n) is 4.83. The lowest BCUT2D eigenvalue weighted by atomic mass is 10.1. The Kier molecular flexibility index (Phi) is 5.49. The van der Waals surface area contributed by atoms with Gasteiger partial charge in [0.15, 0.2) is 0 Å². The van der Waals surface area contributed by atoms with Gasteiger partial charge >= 0.3 is 5.97 Å². The summed E-state index contributed by atoms with van der Waals surface area (Å²) < 4.78 is 0. The lowest BCUT2D eigenvalue weighted by Gasteiger charge is -2.13. The van der Waals surface area contributed by atoms with Crippen molar-refractivity contribution < 1.29 is 14.7 Å². The molecule has 0 spiro atoms. The Morgan fingerprint density at radius 1 is 1.00 bits per heavy atom. The molecule has 1 amide bonds. The molecule has 2 aromatic carbocycles. The van der Waals surface area contributed by atoms with Crippen molar-refractivity contribution in [3.63, 3.8) is 0 Å². The molecule has 2 rings (SSSR count). The van der Waals surface area contributed by atoms with E-state index in [1.54, 1.807) is 6.08 Å². The van der Waals surface area contributed by atoms with E-state index >= 15 is 0 Å². The second-order valence-corrected chi connectivity index (χ2v) is 4.83. The highest BCUT2D eigenvalue weighted by atomic mass is 16.4. The summed E-state index contributed by atoms with van der Waals surface area (Å²) in [7, 11) is 0. The van der Waals surface area contributed by atoms with Crippen molar-refractivity contribution in [2.75, 3.05) is 0 Å². The molecule has 0 aliphatic rings. The van der Waals surface area contributed by atoms with Gasteiger partial charge in [-0.15, -0.1) is 0 Å². The number of aliphatic carboxylic acids is 1. The molecule has 0 bridgehead atoms. The molecule has 4 nitrogen and oxygen atoms in total. The minimum atomic E-state index is -1.05. The molecule has 22 heavy (non-hydrogen) atoms. The van der Waals surface area contributed by atoms with Gasteiger partial charge in [-0.05, 0) is 17.2 Å². The van der Waals surface area contributed by atoms with Gasteiger partial charge in [-0.1, -0.05) is 60.7 Å². The van der Waals surface area contributed by atoms with Crippen LogP contribution in [0.25, 0.3) is 6.08 Å². The average molecular weight is 295 g/mol. The largest absolute Gasteiger partial charge is 0.480 e. The first-order chi connectivity index (χ1) is 10.6. The molecule has 0 aliphatic carbocycles. The fourth-order valence-corrected chi connectivity index (χ4v) is 2.01. The smallest absolute Gasteiger partial charge is 0.326 e. The van der Waals surface area contributed by atoms with Gasteiger partial charge in [0.25, 0.3) is 0 Å². The van der Waals surface area contributed by atoms with Crippen LogP contribution >= 0.6 is 0 Å². The summed E-state index contributed by atoms with van der Waals surface area (Å²) in [4.78, 5) is 23.1. The monoisotopic (exact) mass is 295 g/mol. The zero-order valence-electron chi connectivity index (χ0n) is 12.0. The minimum Gasteiger partial charge on any atom is -0.480 e. The predicted octanol–water partition coefficient (Wildman–Crippen LogP) is 2.51. The van der Waals surface area contributed by atoms with E-state index in [-0.39, 0.29) is 6.42 Å². The number of carboxylic acid groups (broad SMARTS) is 1. The van der Waals surface area contributed by atoms with E-state index in [0.29, 0.717) is 0 Å². The van der Waals surface area contributed by atoms with E-state index in [2.05, 4.69) is 5.32 Å². The molecule has 0 saturated heterocycles. The Morgan fingerprint density at radius 2 is 1.59 bits per heavy atom. The molecule has 0 aromatic heterocycles. The van der Waals surface area contributed by atoms with Gasteiger partial charge in [-0.2, -0.15) is 0 Å². The third kappa shape index (κ3) is 4.90. The van der Waals surface area contributed by atoms with Crippen molar-refractivity contribution >= 4 is 18.0 Å². The van der Waals surface area contributed by atoms with E-state index in [9.17, 15) is 14.7 Å². The van der Waals surface area contributed by atoms with Crippen molar-refractivity contribution in [1.82, 2.24) is 5.32 Å². The summed E-state index contributed by atoms with van der Waals surface area (Å²) in [6.07, 6.45) is 3.24. The first-order valence-electron chi connectivity index (χ1n) is 6.95. The zero-order chi connectivity index (χ0) is 15.8. The molecule has 0 fully saturated rings. The molecular formula is C18H17NO3. The molecule has 2 aromatic rings. The molecule has 0 heterocycles. The first kappa shape index (κ1) is 15.5. The number of hydrogen-bond acceptors (Lipinski definition) is 2. The van der Waals surface area contributed by atoms with Crippen LogP contribution in [0.5, 0.6) is 0 Å². The zero-order valence-corrected chi connectivity index (χ0v) is 12.0. The predicted molar refractivity (Wildman–Crippen MR) is 85.2 cm³/mol. The van der Waals surface area contributed by atoms with Crippen LogP contribution in [-0.2, 0) is 16.0 Å². The number of carbonyl (C=O) groups is 2. The SMILES string of the molecule is O=C(C=Cc1ccccc1)N[C@H](Cc1ccccc1)C(=O)O. The minimum absolute atomic E-state index is 0.251. The molecule has 1 atom stereocenters. The summed E-state index contributed by atoms with van der Waals surface area (Å²) in [5.74, 6) is -1.47. The van der Waals surface area contributed by atoms with Crippen LogP contribution in [0, 0.1) is 0 Å². The number of benzene rings is 2. The topological polar surface area (TPSA) is 66.4 Å². The Labute approximate surface area is 129 Å². The van der Waals surface area contributed by atoms with Crippen LogP contribution in [0.1, 0.15) is 11.1 Å². The van der Waals surface area contributed by atoms with E-state index in [4.69, 9.17) is 0 Å². The maximum atomic E-state index is 11.9. The van der Waals surface area contributed by atoms with Crippen molar-refractivity contribution in [2.24, 2.45) is 0 Å². The van der Waals surface area contributed by atoms with Crippen LogP contribution in [0.15, 0.2) is 66.7 Å². The molecule has 0 unspecified atom stereocenters. The normalized spacial score (nSPS) is 12.0. The third-order valence-electron chi connectivity index (χ3n) is 3.12. The van der Waals surface area contributed by atoms with Crippen LogP contribution < -0.4 is 5.32 Å². The number of amides is 1. The molecule has 4 heteroatoms. The summed E-state index contributed by atoms with van der Waals surface area (Å²) in [6, 6.07) is 17.6. The van der Waals surface area contributed by atoms with Gasteiger partial charge < -0.3 is 10.4 Å². The van der Waals surface area contributed by atoms with Gasteiger partial charge in [-0.25, -0.2) is 4.79 Å². The fourth-order valence-electron chi connectivity index (χ4n) is 2.01. The Bertz CT molecular complexity index is 651. The number of hydrogen-bond donors (Lipinski definition) is 2. The first-order valence-corrected chi connectivity index (χ1v) is 6.95. The van der Waals surface area contributed by atoms with E-state index in [0.717, 1.165) is 11.1 Å². The highest BCUT2D eigenvalue weighted by Crippen LogP contribution is 2.04. The average Bonchev–Trinajstić information content (AvgIpc) is 2.54. The van der Waals surface area contributed by atoms with Crippen LogP contribution in [-0.4, -0.2) is 23.0 Å². The molecule has 2 N–H and O–H groups in total. The summed E-state index contributed by atoms with van der Waals surface area (Å²) in [5, 5.41) is 11.7. The summed E-state index contributed by atoms with van der Waals surface area (Å²) in [5.41, 5.74) is 1.75. The maximum absolute atomic E-state index is 11.9. The van der Waals surface area contributed by atoms with Gasteiger partial charge in [0, 0.05) is 12.5 Å². The lowest BCUT2D eigenvalue weighted by molar-refractivity contribution is -0.141. The number of rotatable bonds is 6. The molecule has 0 saturated carbocycles. The fraction of sp³-hybridized carbons (Fsp3) is 0.111. The Balaban J connectivity index is 1.97. The molecule has 0 radical (unpaired) electrons.